The lowest BCUT2D eigenvalue weighted by atomic mass is 9.87. The van der Waals surface area contributed by atoms with Crippen molar-refractivity contribution in [2.24, 2.45) is 11.7 Å². The van der Waals surface area contributed by atoms with Gasteiger partial charge in [-0.25, -0.2) is 0 Å². The van der Waals surface area contributed by atoms with Crippen molar-refractivity contribution in [3.63, 3.8) is 0 Å². The van der Waals surface area contributed by atoms with E-state index in [-0.39, 0.29) is 24.8 Å². The lowest BCUT2D eigenvalue weighted by Crippen LogP contribution is -2.57. The number of rotatable bonds is 10. The van der Waals surface area contributed by atoms with Gasteiger partial charge >= 0.3 is 6.18 Å². The number of piperidine rings is 1. The molecule has 3 N–H and O–H groups in total. The number of methoxy groups -OCH3 is 1. The van der Waals surface area contributed by atoms with Crippen molar-refractivity contribution in [2.45, 2.75) is 43.9 Å². The van der Waals surface area contributed by atoms with Crippen molar-refractivity contribution < 1.29 is 37.3 Å². The van der Waals surface area contributed by atoms with Gasteiger partial charge in [0.25, 0.3) is 17.4 Å². The number of nitrogens with zero attached hydrogens (tertiary/aromatic N) is 1. The van der Waals surface area contributed by atoms with Gasteiger partial charge in [0.15, 0.2) is 0 Å². The van der Waals surface area contributed by atoms with Crippen molar-refractivity contribution in [2.75, 3.05) is 26.8 Å². The van der Waals surface area contributed by atoms with Crippen LogP contribution in [0.5, 0.6) is 11.5 Å². The van der Waals surface area contributed by atoms with Gasteiger partial charge in [-0.3, -0.25) is 9.59 Å². The first-order chi connectivity index (χ1) is 17.1. The quantitative estimate of drug-likeness (QED) is 0.472. The molecule has 0 aromatic heterocycles. The number of alkyl halides is 3. The van der Waals surface area contributed by atoms with E-state index < -0.39 is 29.2 Å². The van der Waals surface area contributed by atoms with E-state index in [0.29, 0.717) is 30.8 Å². The van der Waals surface area contributed by atoms with E-state index in [1.807, 2.05) is 0 Å². The van der Waals surface area contributed by atoms with Crippen LogP contribution >= 0.6 is 0 Å². The maximum absolute atomic E-state index is 14.0. The van der Waals surface area contributed by atoms with Crippen LogP contribution in [0.4, 0.5) is 13.2 Å². The molecule has 0 saturated carbocycles. The number of primary amides is 1. The van der Waals surface area contributed by atoms with Crippen LogP contribution < -0.4 is 15.2 Å². The van der Waals surface area contributed by atoms with E-state index in [4.69, 9.17) is 15.2 Å². The number of aliphatic hydroxyl groups is 1. The first-order valence-electron chi connectivity index (χ1n) is 11.8. The summed E-state index contributed by atoms with van der Waals surface area (Å²) < 4.78 is 52.5. The summed E-state index contributed by atoms with van der Waals surface area (Å²) in [5.74, 6) is -1.13. The number of hydrogen-bond donors (Lipinski definition) is 2. The average molecular weight is 509 g/mol. The monoisotopic (exact) mass is 508 g/mol. The largest absolute Gasteiger partial charge is 0.497 e. The molecule has 1 heterocycles. The Bertz CT molecular complexity index is 1050. The molecule has 2 aromatic carbocycles. The van der Waals surface area contributed by atoms with Crippen molar-refractivity contribution in [3.05, 3.63) is 59.7 Å². The molecular weight excluding hydrogens is 477 g/mol. The molecule has 7 nitrogen and oxygen atoms in total. The summed E-state index contributed by atoms with van der Waals surface area (Å²) in [7, 11) is 1.30. The lowest BCUT2D eigenvalue weighted by Gasteiger charge is -2.38. The number of amides is 2. The van der Waals surface area contributed by atoms with E-state index in [2.05, 4.69) is 0 Å². The molecule has 36 heavy (non-hydrogen) atoms. The highest BCUT2D eigenvalue weighted by Crippen LogP contribution is 2.42. The van der Waals surface area contributed by atoms with Gasteiger partial charge in [0.2, 0.25) is 0 Å². The zero-order valence-corrected chi connectivity index (χ0v) is 20.1. The minimum absolute atomic E-state index is 0.115. The van der Waals surface area contributed by atoms with Crippen molar-refractivity contribution >= 4 is 11.8 Å². The molecule has 3 rings (SSSR count). The predicted molar refractivity (Wildman–Crippen MR) is 127 cm³/mol. The molecular formula is C26H31F3N2O5. The van der Waals surface area contributed by atoms with Gasteiger partial charge in [0.05, 0.1) is 19.3 Å². The maximum atomic E-state index is 14.0. The summed E-state index contributed by atoms with van der Waals surface area (Å²) in [5.41, 5.74) is 1.45. The first kappa shape index (κ1) is 27.3. The van der Waals surface area contributed by atoms with Crippen LogP contribution in [0.15, 0.2) is 48.5 Å². The number of benzene rings is 2. The van der Waals surface area contributed by atoms with Crippen LogP contribution in [0.25, 0.3) is 0 Å². The maximum Gasteiger partial charge on any atom is 0.430 e. The van der Waals surface area contributed by atoms with Crippen LogP contribution in [-0.2, 0) is 10.4 Å². The predicted octanol–water partition coefficient (Wildman–Crippen LogP) is 4.03. The molecule has 0 spiro atoms. The molecule has 0 bridgehead atoms. The van der Waals surface area contributed by atoms with Gasteiger partial charge in [-0.05, 0) is 55.9 Å². The molecule has 1 fully saturated rings. The minimum Gasteiger partial charge on any atom is -0.497 e. The number of unbranched alkanes of at least 4 members (excludes halogenated alkanes) is 1. The molecule has 1 atom stereocenters. The topological polar surface area (TPSA) is 102 Å². The molecule has 0 radical (unpaired) electrons. The highest BCUT2D eigenvalue weighted by molar-refractivity contribution is 5.95. The highest BCUT2D eigenvalue weighted by Gasteiger charge is 2.62. The Morgan fingerprint density at radius 3 is 2.42 bits per heavy atom. The molecule has 2 amide bonds. The summed E-state index contributed by atoms with van der Waals surface area (Å²) in [6.45, 7) is 0.670. The van der Waals surface area contributed by atoms with E-state index in [9.17, 15) is 27.9 Å². The van der Waals surface area contributed by atoms with Crippen LogP contribution in [0.3, 0.4) is 0 Å². The van der Waals surface area contributed by atoms with Gasteiger partial charge in [0, 0.05) is 18.7 Å². The number of carbonyl (C=O) groups excluding carboxylic acids is 2. The Balaban J connectivity index is 1.51. The molecule has 10 heteroatoms. The Morgan fingerprint density at radius 2 is 1.78 bits per heavy atom. The Labute approximate surface area is 208 Å². The third-order valence-electron chi connectivity index (χ3n) is 6.53. The fraction of sp³-hybridized carbons (Fsp3) is 0.462. The average Bonchev–Trinajstić information content (AvgIpc) is 2.87. The van der Waals surface area contributed by atoms with Gasteiger partial charge in [-0.1, -0.05) is 30.7 Å². The van der Waals surface area contributed by atoms with Crippen molar-refractivity contribution in [3.8, 4) is 11.5 Å². The van der Waals surface area contributed by atoms with Crippen LogP contribution in [0.1, 0.15) is 48.0 Å². The zero-order chi connectivity index (χ0) is 26.3. The highest BCUT2D eigenvalue weighted by atomic mass is 19.4. The molecule has 1 aliphatic heterocycles. The smallest absolute Gasteiger partial charge is 0.430 e. The van der Waals surface area contributed by atoms with Crippen molar-refractivity contribution in [1.82, 2.24) is 4.90 Å². The van der Waals surface area contributed by atoms with E-state index >= 15 is 0 Å². The summed E-state index contributed by atoms with van der Waals surface area (Å²) in [4.78, 5) is 25.5. The molecule has 1 saturated heterocycles. The third-order valence-corrected chi connectivity index (χ3v) is 6.53. The molecule has 196 valence electrons. The van der Waals surface area contributed by atoms with Gasteiger partial charge in [0.1, 0.15) is 11.5 Å². The fourth-order valence-electron chi connectivity index (χ4n) is 4.42. The number of ether oxygens (including phenoxy) is 2. The second kappa shape index (κ2) is 11.6. The lowest BCUT2D eigenvalue weighted by molar-refractivity contribution is -0.262. The number of carbonyl (C=O) groups is 2. The Hall–Kier alpha value is -3.27. The second-order valence-electron chi connectivity index (χ2n) is 8.88. The number of hydrogen-bond acceptors (Lipinski definition) is 5. The minimum atomic E-state index is -5.19. The van der Waals surface area contributed by atoms with Gasteiger partial charge < -0.3 is 25.2 Å². The van der Waals surface area contributed by atoms with Crippen molar-refractivity contribution in [1.29, 1.82) is 0 Å². The number of nitrogens with two attached hydrogens (primary N) is 1. The molecule has 2 aromatic rings. The third kappa shape index (κ3) is 6.10. The normalized spacial score (nSPS) is 16.3. The van der Waals surface area contributed by atoms with Crippen LogP contribution in [0, 0.1) is 5.92 Å². The SMILES string of the molecule is COc1cccc(C(O)(C(=O)N2CCC(CCCCOc3ccccc3C(N)=O)CC2)C(F)(F)F)c1. The van der Waals surface area contributed by atoms with E-state index in [1.165, 1.54) is 19.2 Å². The van der Waals surface area contributed by atoms with Crippen LogP contribution in [0.2, 0.25) is 0 Å². The zero-order valence-electron chi connectivity index (χ0n) is 20.1. The van der Waals surface area contributed by atoms with Gasteiger partial charge in [-0.15, -0.1) is 0 Å². The second-order valence-corrected chi connectivity index (χ2v) is 8.88. The summed E-state index contributed by atoms with van der Waals surface area (Å²) >= 11 is 0. The standard InChI is InChI=1S/C26H31F3N2O5/c1-35-20-9-6-8-19(17-20)25(34,26(27,28)29)24(33)31-14-12-18(13-15-31)7-4-5-16-36-22-11-3-2-10-21(22)23(30)32/h2-3,6,8-11,17-18,34H,4-5,7,12-16H2,1H3,(H2,30,32). The fourth-order valence-corrected chi connectivity index (χ4v) is 4.42. The first-order valence-corrected chi connectivity index (χ1v) is 11.8. The Kier molecular flexibility index (Phi) is 8.84. The Morgan fingerprint density at radius 1 is 1.08 bits per heavy atom. The summed E-state index contributed by atoms with van der Waals surface area (Å²) in [5, 5.41) is 10.7. The molecule has 0 aliphatic carbocycles. The summed E-state index contributed by atoms with van der Waals surface area (Å²) in [6.07, 6.45) is -1.71. The van der Waals surface area contributed by atoms with Gasteiger partial charge in [-0.2, -0.15) is 13.2 Å². The summed E-state index contributed by atoms with van der Waals surface area (Å²) in [6, 6.07) is 11.6. The number of likely N-dealkylation sites (tertiary alicyclic amines) is 1. The van der Waals surface area contributed by atoms with E-state index in [0.717, 1.165) is 36.3 Å². The van der Waals surface area contributed by atoms with Crippen LogP contribution in [-0.4, -0.2) is 54.8 Å². The molecule has 1 aliphatic rings. The molecule has 1 unspecified atom stereocenters. The number of halogens is 3. The van der Waals surface area contributed by atoms with E-state index in [1.54, 1.807) is 24.3 Å². The number of para-hydroxylation sites is 1.